The normalized spacial score (nSPS) is 12.4. The van der Waals surface area contributed by atoms with E-state index in [0.29, 0.717) is 25.9 Å². The highest BCUT2D eigenvalue weighted by atomic mass is 16.5. The lowest BCUT2D eigenvalue weighted by molar-refractivity contribution is -0.143. The Bertz CT molecular complexity index is 1260. The highest BCUT2D eigenvalue weighted by Crippen LogP contribution is 2.21. The lowest BCUT2D eigenvalue weighted by Gasteiger charge is -2.22. The van der Waals surface area contributed by atoms with Crippen LogP contribution >= 0.6 is 0 Å². The van der Waals surface area contributed by atoms with Crippen LogP contribution in [0.3, 0.4) is 0 Å². The number of carbonyl (C=O) groups is 2. The predicted octanol–water partition coefficient (Wildman–Crippen LogP) is 26.5. The molecule has 0 saturated heterocycles. The Balaban J connectivity index is 3.28. The van der Waals surface area contributed by atoms with Crippen LogP contribution in [-0.2, 0) is 14.3 Å². The van der Waals surface area contributed by atoms with Gasteiger partial charge in [0.2, 0.25) is 5.91 Å². The molecule has 3 N–H and O–H groups in total. The Labute approximate surface area is 540 Å². The van der Waals surface area contributed by atoms with Crippen molar-refractivity contribution in [3.8, 4) is 0 Å². The molecule has 0 fully saturated rings. The molecule has 0 aromatic rings. The molecule has 0 aromatic heterocycles. The summed E-state index contributed by atoms with van der Waals surface area (Å²) in [6.45, 7) is 5.02. The van der Waals surface area contributed by atoms with Crippen molar-refractivity contribution in [3.05, 3.63) is 0 Å². The number of unbranched alkanes of at least 4 members (excludes halogenated alkanes) is 66. The minimum absolute atomic E-state index is 0.0242. The van der Waals surface area contributed by atoms with Crippen molar-refractivity contribution in [2.45, 2.75) is 488 Å². The molecule has 0 aliphatic carbocycles. The van der Waals surface area contributed by atoms with E-state index in [1.54, 1.807) is 0 Å². The molecular weight excluding hydrogens is 1050 g/mol. The topological polar surface area (TPSA) is 95.9 Å². The molecule has 0 aliphatic rings. The van der Waals surface area contributed by atoms with Gasteiger partial charge in [0.05, 0.1) is 25.4 Å². The van der Waals surface area contributed by atoms with Crippen molar-refractivity contribution in [2.24, 2.45) is 0 Å². The molecule has 1 amide bonds. The van der Waals surface area contributed by atoms with Crippen LogP contribution in [0.4, 0.5) is 0 Å². The van der Waals surface area contributed by atoms with Crippen LogP contribution in [0.15, 0.2) is 0 Å². The molecule has 2 unspecified atom stereocenters. The Kier molecular flexibility index (Phi) is 75.3. The molecule has 0 radical (unpaired) electrons. The Hall–Kier alpha value is -1.14. The van der Waals surface area contributed by atoms with Gasteiger partial charge in [0, 0.05) is 12.8 Å². The Morgan fingerprint density at radius 1 is 0.279 bits per heavy atom. The minimum Gasteiger partial charge on any atom is -0.466 e. The zero-order valence-corrected chi connectivity index (χ0v) is 59.1. The largest absolute Gasteiger partial charge is 0.466 e. The maximum Gasteiger partial charge on any atom is 0.305 e. The molecule has 0 rings (SSSR count). The third kappa shape index (κ3) is 71.9. The van der Waals surface area contributed by atoms with E-state index in [1.165, 1.54) is 405 Å². The van der Waals surface area contributed by atoms with Crippen LogP contribution in [0.25, 0.3) is 0 Å². The number of amides is 1. The standard InChI is InChI=1S/C80H159NO5/c1-3-5-7-9-11-13-15-17-19-41-45-48-52-56-60-64-68-72-78(83)77(76-82)81-79(84)73-69-65-61-57-53-49-46-42-39-37-35-33-31-29-27-25-23-21-20-22-24-26-28-30-32-34-36-38-40-43-47-51-55-59-63-67-71-75-86-80(85)74-70-66-62-58-54-50-44-18-16-14-12-10-8-6-4-2/h77-78,82-83H,3-76H2,1-2H3,(H,81,84). The molecule has 0 aromatic carbocycles. The summed E-state index contributed by atoms with van der Waals surface area (Å²) in [5.74, 6) is 0.00354. The van der Waals surface area contributed by atoms with Gasteiger partial charge in [-0.3, -0.25) is 9.59 Å². The first-order valence-corrected chi connectivity index (χ1v) is 40.3. The molecule has 0 heterocycles. The highest BCUT2D eigenvalue weighted by Gasteiger charge is 2.20. The molecule has 0 bridgehead atoms. The summed E-state index contributed by atoms with van der Waals surface area (Å²) < 4.78 is 5.51. The third-order valence-electron chi connectivity index (χ3n) is 19.4. The number of esters is 1. The highest BCUT2D eigenvalue weighted by molar-refractivity contribution is 5.76. The molecule has 86 heavy (non-hydrogen) atoms. The van der Waals surface area contributed by atoms with E-state index < -0.39 is 12.1 Å². The van der Waals surface area contributed by atoms with Crippen LogP contribution in [0.2, 0.25) is 0 Å². The van der Waals surface area contributed by atoms with Gasteiger partial charge < -0.3 is 20.3 Å². The SMILES string of the molecule is CCCCCCCCCCCCCCCCCCCC(O)C(CO)NC(=O)CCCCCCCCCCCCCCCCCCCCCCCCCCCCCCCCCCCCCCCOC(=O)CCCCCCCCCCCCCCCCC. The first-order valence-electron chi connectivity index (χ1n) is 40.3. The minimum atomic E-state index is -0.659. The quantitative estimate of drug-likeness (QED) is 0.0417. The maximum absolute atomic E-state index is 12.5. The summed E-state index contributed by atoms with van der Waals surface area (Å²) in [5.41, 5.74) is 0. The lowest BCUT2D eigenvalue weighted by Crippen LogP contribution is -2.45. The summed E-state index contributed by atoms with van der Waals surface area (Å²) in [7, 11) is 0. The molecule has 0 spiro atoms. The summed E-state index contributed by atoms with van der Waals surface area (Å²) in [6, 6.07) is -0.536. The van der Waals surface area contributed by atoms with Gasteiger partial charge in [0.25, 0.3) is 0 Å². The molecule has 514 valence electrons. The fraction of sp³-hybridized carbons (Fsp3) is 0.975. The average Bonchev–Trinajstić information content (AvgIpc) is 3.52. The first-order chi connectivity index (χ1) is 42.5. The number of hydrogen-bond acceptors (Lipinski definition) is 5. The van der Waals surface area contributed by atoms with Gasteiger partial charge in [-0.2, -0.15) is 0 Å². The van der Waals surface area contributed by atoms with Crippen LogP contribution in [-0.4, -0.2) is 47.4 Å². The van der Waals surface area contributed by atoms with Crippen molar-refractivity contribution in [3.63, 3.8) is 0 Å². The van der Waals surface area contributed by atoms with Gasteiger partial charge in [-0.1, -0.05) is 438 Å². The molecule has 6 heteroatoms. The number of nitrogens with one attached hydrogen (secondary N) is 1. The van der Waals surface area contributed by atoms with Crippen molar-refractivity contribution < 1.29 is 24.5 Å². The maximum atomic E-state index is 12.5. The second kappa shape index (κ2) is 76.3. The van der Waals surface area contributed by atoms with Crippen molar-refractivity contribution >= 4 is 11.9 Å². The molecule has 6 nitrogen and oxygen atoms in total. The number of aliphatic hydroxyl groups excluding tert-OH is 2. The third-order valence-corrected chi connectivity index (χ3v) is 19.4. The second-order valence-electron chi connectivity index (χ2n) is 28.1. The number of carbonyl (C=O) groups excluding carboxylic acids is 2. The van der Waals surface area contributed by atoms with E-state index in [4.69, 9.17) is 4.74 Å². The number of hydrogen-bond donors (Lipinski definition) is 3. The lowest BCUT2D eigenvalue weighted by atomic mass is 10.0. The number of rotatable bonds is 77. The van der Waals surface area contributed by atoms with Gasteiger partial charge in [0.15, 0.2) is 0 Å². The molecule has 0 aliphatic heterocycles. The smallest absolute Gasteiger partial charge is 0.305 e. The fourth-order valence-corrected chi connectivity index (χ4v) is 13.3. The van der Waals surface area contributed by atoms with E-state index in [1.807, 2.05) is 0 Å². The monoisotopic (exact) mass is 1210 g/mol. The summed E-state index contributed by atoms with van der Waals surface area (Å²) >= 11 is 0. The van der Waals surface area contributed by atoms with Crippen LogP contribution < -0.4 is 5.32 Å². The van der Waals surface area contributed by atoms with Gasteiger partial charge in [0.1, 0.15) is 0 Å². The van der Waals surface area contributed by atoms with Crippen molar-refractivity contribution in [1.29, 1.82) is 0 Å². The predicted molar refractivity (Wildman–Crippen MR) is 380 cm³/mol. The zero-order valence-electron chi connectivity index (χ0n) is 59.1. The van der Waals surface area contributed by atoms with E-state index in [9.17, 15) is 19.8 Å². The van der Waals surface area contributed by atoms with Gasteiger partial charge in [-0.05, 0) is 25.7 Å². The molecule has 2 atom stereocenters. The van der Waals surface area contributed by atoms with Crippen LogP contribution in [0.5, 0.6) is 0 Å². The summed E-state index contributed by atoms with van der Waals surface area (Å²) in [6.07, 6.45) is 95.0. The van der Waals surface area contributed by atoms with Gasteiger partial charge in [-0.15, -0.1) is 0 Å². The van der Waals surface area contributed by atoms with Crippen molar-refractivity contribution in [2.75, 3.05) is 13.2 Å². The van der Waals surface area contributed by atoms with E-state index in [-0.39, 0.29) is 18.5 Å². The van der Waals surface area contributed by atoms with E-state index in [0.717, 1.165) is 38.5 Å². The van der Waals surface area contributed by atoms with Crippen molar-refractivity contribution in [1.82, 2.24) is 5.32 Å². The zero-order chi connectivity index (χ0) is 62.0. The molecule has 0 saturated carbocycles. The summed E-state index contributed by atoms with van der Waals surface area (Å²) in [5, 5.41) is 23.4. The fourth-order valence-electron chi connectivity index (χ4n) is 13.3. The number of aliphatic hydroxyl groups is 2. The van der Waals surface area contributed by atoms with E-state index in [2.05, 4.69) is 19.2 Å². The number of ether oxygens (including phenoxy) is 1. The Morgan fingerprint density at radius 3 is 0.709 bits per heavy atom. The van der Waals surface area contributed by atoms with E-state index >= 15 is 0 Å². The second-order valence-corrected chi connectivity index (χ2v) is 28.1. The summed E-state index contributed by atoms with van der Waals surface area (Å²) in [4.78, 5) is 24.6. The van der Waals surface area contributed by atoms with Gasteiger partial charge >= 0.3 is 5.97 Å². The molecular formula is C80H159NO5. The first kappa shape index (κ1) is 84.9. The van der Waals surface area contributed by atoms with Gasteiger partial charge in [-0.25, -0.2) is 0 Å². The van der Waals surface area contributed by atoms with Crippen LogP contribution in [0.1, 0.15) is 476 Å². The average molecular weight is 1220 g/mol. The Morgan fingerprint density at radius 2 is 0.477 bits per heavy atom. The van der Waals surface area contributed by atoms with Crippen LogP contribution in [0, 0.1) is 0 Å².